The number of carbonyl (C=O) groups excluding carboxylic acids is 1. The van der Waals surface area contributed by atoms with Crippen molar-refractivity contribution < 1.29 is 32.8 Å². The van der Waals surface area contributed by atoms with Gasteiger partial charge >= 0.3 is 13.8 Å². The quantitative estimate of drug-likeness (QED) is 0.0268. The van der Waals surface area contributed by atoms with Crippen LogP contribution in [0.3, 0.4) is 0 Å². The van der Waals surface area contributed by atoms with Gasteiger partial charge in [-0.25, -0.2) is 4.57 Å². The molecule has 0 aromatic rings. The fourth-order valence-corrected chi connectivity index (χ4v) is 7.27. The van der Waals surface area contributed by atoms with Gasteiger partial charge in [-0.1, -0.05) is 207 Å². The number of carbonyl (C=O) groups is 1. The number of phosphoric ester groups is 1. The van der Waals surface area contributed by atoms with Crippen LogP contribution in [-0.2, 0) is 27.9 Å². The van der Waals surface area contributed by atoms with Gasteiger partial charge in [-0.05, 0) is 89.9 Å². The molecular formula is C55H94NO7P. The molecule has 0 amide bonds. The lowest BCUT2D eigenvalue weighted by molar-refractivity contribution is -0.154. The molecule has 64 heavy (non-hydrogen) atoms. The molecule has 0 heterocycles. The fourth-order valence-electron chi connectivity index (χ4n) is 6.50. The summed E-state index contributed by atoms with van der Waals surface area (Å²) < 4.78 is 33.5. The second-order valence-electron chi connectivity index (χ2n) is 16.3. The molecule has 3 N–H and O–H groups in total. The Morgan fingerprint density at radius 3 is 1.31 bits per heavy atom. The zero-order valence-electron chi connectivity index (χ0n) is 40.7. The Hall–Kier alpha value is -2.84. The number of hydrogen-bond donors (Lipinski definition) is 2. The molecule has 2 unspecified atom stereocenters. The van der Waals surface area contributed by atoms with E-state index in [2.05, 4.69) is 111 Å². The van der Waals surface area contributed by atoms with E-state index in [9.17, 15) is 14.3 Å². The molecule has 366 valence electrons. The molecule has 0 saturated heterocycles. The van der Waals surface area contributed by atoms with Crippen LogP contribution < -0.4 is 5.73 Å². The summed E-state index contributed by atoms with van der Waals surface area (Å²) in [6.07, 6.45) is 70.0. The van der Waals surface area contributed by atoms with Gasteiger partial charge in [0.05, 0.1) is 19.8 Å². The molecule has 0 aliphatic heterocycles. The number of phosphoric acid groups is 1. The molecule has 0 spiro atoms. The predicted molar refractivity (Wildman–Crippen MR) is 274 cm³/mol. The SMILES string of the molecule is CC/C=C\C/C=C\C/C=C\C/C=C\C/C=C\C/C=C\CCC(=O)OC(COCCCCCCCCCCCCC/C=C\C/C=C\C/C=C\CCCCCCC)COP(=O)(O)OCCN. The van der Waals surface area contributed by atoms with E-state index >= 15 is 0 Å². The molecule has 0 aliphatic carbocycles. The highest BCUT2D eigenvalue weighted by Gasteiger charge is 2.25. The van der Waals surface area contributed by atoms with E-state index in [4.69, 9.17) is 24.3 Å². The zero-order chi connectivity index (χ0) is 46.5. The number of ether oxygens (including phenoxy) is 2. The minimum atomic E-state index is -4.31. The molecular weight excluding hydrogens is 818 g/mol. The lowest BCUT2D eigenvalue weighted by atomic mass is 10.1. The normalized spacial score (nSPS) is 14.2. The van der Waals surface area contributed by atoms with E-state index in [1.165, 1.54) is 103 Å². The molecule has 0 radical (unpaired) electrons. The summed E-state index contributed by atoms with van der Waals surface area (Å²) in [7, 11) is -4.31. The smallest absolute Gasteiger partial charge is 0.457 e. The van der Waals surface area contributed by atoms with Gasteiger partial charge in [0.15, 0.2) is 0 Å². The van der Waals surface area contributed by atoms with Gasteiger partial charge in [0, 0.05) is 19.6 Å². The predicted octanol–water partition coefficient (Wildman–Crippen LogP) is 16.0. The zero-order valence-corrected chi connectivity index (χ0v) is 41.6. The van der Waals surface area contributed by atoms with Crippen LogP contribution in [0.2, 0.25) is 0 Å². The van der Waals surface area contributed by atoms with E-state index in [-0.39, 0.29) is 32.8 Å². The molecule has 0 rings (SSSR count). The Balaban J connectivity index is 4.06. The van der Waals surface area contributed by atoms with Crippen LogP contribution in [0.4, 0.5) is 0 Å². The summed E-state index contributed by atoms with van der Waals surface area (Å²) in [5.74, 6) is -0.416. The Kier molecular flexibility index (Phi) is 48.9. The lowest BCUT2D eigenvalue weighted by Crippen LogP contribution is -2.28. The molecule has 0 aromatic heterocycles. The van der Waals surface area contributed by atoms with Gasteiger partial charge in [0.2, 0.25) is 0 Å². The maximum absolute atomic E-state index is 12.6. The topological polar surface area (TPSA) is 117 Å². The summed E-state index contributed by atoms with van der Waals surface area (Å²) in [6.45, 7) is 4.67. The first-order valence-corrected chi connectivity index (χ1v) is 26.9. The third kappa shape index (κ3) is 50.2. The third-order valence-electron chi connectivity index (χ3n) is 10.2. The van der Waals surface area contributed by atoms with E-state index in [1.807, 2.05) is 12.2 Å². The Morgan fingerprint density at radius 1 is 0.484 bits per heavy atom. The van der Waals surface area contributed by atoms with Gasteiger partial charge < -0.3 is 20.1 Å². The van der Waals surface area contributed by atoms with Crippen LogP contribution in [0.5, 0.6) is 0 Å². The molecule has 0 aliphatic rings. The van der Waals surface area contributed by atoms with Crippen molar-refractivity contribution >= 4 is 13.8 Å². The van der Waals surface area contributed by atoms with Gasteiger partial charge in [0.1, 0.15) is 6.10 Å². The van der Waals surface area contributed by atoms with Crippen LogP contribution in [0.1, 0.15) is 194 Å². The molecule has 2 atom stereocenters. The van der Waals surface area contributed by atoms with Crippen LogP contribution in [0, 0.1) is 0 Å². The second-order valence-corrected chi connectivity index (χ2v) is 17.7. The standard InChI is InChI=1S/C55H94NO7P/c1-3-5-7-9-11-13-15-17-19-21-23-24-25-26-27-28-29-31-33-35-37-39-41-43-45-47-50-60-52-54(53-62-64(58,59)61-51-49-56)63-55(57)48-46-44-42-40-38-36-34-32-30-22-20-18-16-14-12-10-8-6-4-2/h6,8,12,14-15,17-18,20-21,23,25-26,30,32,36,38,42,44,54H,3-5,7,9-11,13,16,19,22,24,27-29,31,33-35,37,39-41,43,45-53,56H2,1-2H3,(H,58,59)/b8-6-,14-12-,17-15-,20-18-,23-21-,26-25-,32-30-,38-36-,44-42-. The van der Waals surface area contributed by atoms with E-state index in [0.29, 0.717) is 13.0 Å². The first kappa shape index (κ1) is 61.2. The van der Waals surface area contributed by atoms with Crippen molar-refractivity contribution in [3.8, 4) is 0 Å². The minimum Gasteiger partial charge on any atom is -0.457 e. The van der Waals surface area contributed by atoms with Crippen molar-refractivity contribution in [2.75, 3.05) is 33.0 Å². The van der Waals surface area contributed by atoms with E-state index in [0.717, 1.165) is 64.2 Å². The van der Waals surface area contributed by atoms with Crippen molar-refractivity contribution in [2.24, 2.45) is 5.73 Å². The van der Waals surface area contributed by atoms with Crippen LogP contribution >= 0.6 is 7.82 Å². The van der Waals surface area contributed by atoms with Crippen LogP contribution in [0.15, 0.2) is 109 Å². The van der Waals surface area contributed by atoms with Gasteiger partial charge in [-0.2, -0.15) is 0 Å². The summed E-state index contributed by atoms with van der Waals surface area (Å²) in [4.78, 5) is 22.5. The first-order valence-electron chi connectivity index (χ1n) is 25.4. The van der Waals surface area contributed by atoms with Crippen molar-refractivity contribution in [1.29, 1.82) is 0 Å². The molecule has 0 aromatic carbocycles. The largest absolute Gasteiger partial charge is 0.472 e. The Labute approximate surface area is 393 Å². The van der Waals surface area contributed by atoms with Crippen LogP contribution in [0.25, 0.3) is 0 Å². The van der Waals surface area contributed by atoms with Gasteiger partial charge in [-0.15, -0.1) is 0 Å². The van der Waals surface area contributed by atoms with Crippen molar-refractivity contribution in [1.82, 2.24) is 0 Å². The number of nitrogens with two attached hydrogens (primary N) is 1. The Morgan fingerprint density at radius 2 is 0.875 bits per heavy atom. The summed E-state index contributed by atoms with van der Waals surface area (Å²) in [5.41, 5.74) is 5.38. The summed E-state index contributed by atoms with van der Waals surface area (Å²) in [6, 6.07) is 0. The maximum atomic E-state index is 12.6. The fraction of sp³-hybridized carbons (Fsp3) is 0.655. The highest BCUT2D eigenvalue weighted by atomic mass is 31.2. The highest BCUT2D eigenvalue weighted by Crippen LogP contribution is 2.43. The van der Waals surface area contributed by atoms with Gasteiger partial charge in [-0.3, -0.25) is 13.8 Å². The summed E-state index contributed by atoms with van der Waals surface area (Å²) >= 11 is 0. The first-order chi connectivity index (χ1) is 31.4. The lowest BCUT2D eigenvalue weighted by Gasteiger charge is -2.20. The highest BCUT2D eigenvalue weighted by molar-refractivity contribution is 7.47. The maximum Gasteiger partial charge on any atom is 0.472 e. The minimum absolute atomic E-state index is 0.0770. The number of allylic oxidation sites excluding steroid dienone is 18. The molecule has 9 heteroatoms. The van der Waals surface area contributed by atoms with Crippen LogP contribution in [-0.4, -0.2) is 49.9 Å². The summed E-state index contributed by atoms with van der Waals surface area (Å²) in [5, 5.41) is 0. The van der Waals surface area contributed by atoms with Crippen molar-refractivity contribution in [3.63, 3.8) is 0 Å². The molecule has 0 fully saturated rings. The monoisotopic (exact) mass is 912 g/mol. The number of hydrogen-bond acceptors (Lipinski definition) is 7. The molecule has 0 bridgehead atoms. The average molecular weight is 912 g/mol. The van der Waals surface area contributed by atoms with Crippen molar-refractivity contribution in [2.45, 2.75) is 200 Å². The average Bonchev–Trinajstić information content (AvgIpc) is 3.29. The van der Waals surface area contributed by atoms with E-state index < -0.39 is 19.9 Å². The molecule has 8 nitrogen and oxygen atoms in total. The number of rotatable bonds is 47. The molecule has 0 saturated carbocycles. The van der Waals surface area contributed by atoms with Crippen molar-refractivity contribution in [3.05, 3.63) is 109 Å². The number of unbranched alkanes of at least 4 members (excludes halogenated alkanes) is 16. The second kappa shape index (κ2) is 51.1. The third-order valence-corrected chi connectivity index (χ3v) is 11.2. The Bertz CT molecular complexity index is 1350. The van der Waals surface area contributed by atoms with Gasteiger partial charge in [0.25, 0.3) is 0 Å². The van der Waals surface area contributed by atoms with E-state index in [1.54, 1.807) is 0 Å². The number of esters is 1.